The molecule has 0 aromatic heterocycles. The molecule has 29 heavy (non-hydrogen) atoms. The van der Waals surface area contributed by atoms with Crippen LogP contribution in [0, 0.1) is 0 Å². The predicted molar refractivity (Wildman–Crippen MR) is 113 cm³/mol. The van der Waals surface area contributed by atoms with Crippen LogP contribution < -0.4 is 10.1 Å². The summed E-state index contributed by atoms with van der Waals surface area (Å²) in [6, 6.07) is 15.3. The normalized spacial score (nSPS) is 16.3. The fourth-order valence-corrected chi connectivity index (χ4v) is 3.28. The van der Waals surface area contributed by atoms with Crippen LogP contribution >= 0.6 is 12.2 Å². The van der Waals surface area contributed by atoms with E-state index in [4.69, 9.17) is 21.7 Å². The van der Waals surface area contributed by atoms with Crippen LogP contribution in [0.3, 0.4) is 0 Å². The Morgan fingerprint density at radius 3 is 2.34 bits per heavy atom. The maximum Gasteiger partial charge on any atom is 0.343 e. The molecular formula is C22H22N2O4S. The highest BCUT2D eigenvalue weighted by atomic mass is 32.1. The van der Waals surface area contributed by atoms with Gasteiger partial charge in [0, 0.05) is 12.7 Å². The Kier molecular flexibility index (Phi) is 6.29. The number of nitrogens with zero attached hydrogens (tertiary/aromatic N) is 1. The van der Waals surface area contributed by atoms with Gasteiger partial charge in [-0.25, -0.2) is 9.59 Å². The van der Waals surface area contributed by atoms with Crippen molar-refractivity contribution in [2.24, 2.45) is 0 Å². The van der Waals surface area contributed by atoms with E-state index >= 15 is 0 Å². The summed E-state index contributed by atoms with van der Waals surface area (Å²) in [5.74, 6) is -0.409. The highest BCUT2D eigenvalue weighted by Gasteiger charge is 2.33. The minimum absolute atomic E-state index is 0.283. The molecule has 6 nitrogen and oxygen atoms in total. The molecule has 2 aromatic carbocycles. The number of carbonyl (C=O) groups is 2. The minimum Gasteiger partial charge on any atom is -0.463 e. The van der Waals surface area contributed by atoms with Crippen molar-refractivity contribution >= 4 is 29.3 Å². The lowest BCUT2D eigenvalue weighted by molar-refractivity contribution is -0.139. The summed E-state index contributed by atoms with van der Waals surface area (Å²) in [6.07, 6.45) is 0. The molecule has 0 saturated heterocycles. The van der Waals surface area contributed by atoms with Crippen LogP contribution in [-0.2, 0) is 9.53 Å². The Morgan fingerprint density at radius 1 is 1.07 bits per heavy atom. The number of rotatable bonds is 5. The molecule has 0 fully saturated rings. The zero-order valence-corrected chi connectivity index (χ0v) is 17.3. The maximum atomic E-state index is 12.6. The lowest BCUT2D eigenvalue weighted by atomic mass is 9.95. The summed E-state index contributed by atoms with van der Waals surface area (Å²) in [5.41, 5.74) is 2.51. The number of hydrogen-bond donors (Lipinski definition) is 1. The number of hydrogen-bond acceptors (Lipinski definition) is 5. The Labute approximate surface area is 175 Å². The van der Waals surface area contributed by atoms with Gasteiger partial charge in [0.1, 0.15) is 5.75 Å². The molecule has 150 valence electrons. The molecule has 1 heterocycles. The summed E-state index contributed by atoms with van der Waals surface area (Å²) in [5, 5.41) is 3.69. The van der Waals surface area contributed by atoms with Gasteiger partial charge in [-0.2, -0.15) is 0 Å². The first-order valence-electron chi connectivity index (χ1n) is 9.21. The van der Waals surface area contributed by atoms with E-state index in [0.29, 0.717) is 22.0 Å². The lowest BCUT2D eigenvalue weighted by Gasteiger charge is -2.35. The average Bonchev–Trinajstić information content (AvgIpc) is 2.73. The van der Waals surface area contributed by atoms with Crippen LogP contribution in [0.5, 0.6) is 5.75 Å². The van der Waals surface area contributed by atoms with E-state index in [2.05, 4.69) is 5.32 Å². The molecule has 0 unspecified atom stereocenters. The van der Waals surface area contributed by atoms with Crippen molar-refractivity contribution in [1.29, 1.82) is 0 Å². The summed E-state index contributed by atoms with van der Waals surface area (Å²) < 4.78 is 10.7. The third-order valence-electron chi connectivity index (χ3n) is 4.68. The van der Waals surface area contributed by atoms with E-state index < -0.39 is 18.0 Å². The molecule has 0 radical (unpaired) electrons. The summed E-state index contributed by atoms with van der Waals surface area (Å²) >= 11 is 5.38. The van der Waals surface area contributed by atoms with Crippen LogP contribution in [0.25, 0.3) is 0 Å². The Balaban J connectivity index is 1.84. The molecule has 0 aliphatic carbocycles. The number of allylic oxidation sites excluding steroid dienone is 1. The molecule has 0 spiro atoms. The first-order chi connectivity index (χ1) is 13.9. The van der Waals surface area contributed by atoms with Crippen molar-refractivity contribution in [3.8, 4) is 5.75 Å². The van der Waals surface area contributed by atoms with E-state index in [-0.39, 0.29) is 6.61 Å². The first kappa shape index (κ1) is 20.5. The third kappa shape index (κ3) is 4.46. The fourth-order valence-electron chi connectivity index (χ4n) is 3.03. The molecule has 1 N–H and O–H groups in total. The van der Waals surface area contributed by atoms with Crippen LogP contribution in [0.15, 0.2) is 65.9 Å². The van der Waals surface area contributed by atoms with Gasteiger partial charge in [0.15, 0.2) is 5.11 Å². The standard InChI is InChI=1S/C22H22N2O4S/c1-4-27-21(26)18-14(2)24(3)22(29)23-19(18)15-10-12-17(13-11-15)28-20(25)16-8-6-5-7-9-16/h5-13,19H,4H2,1-3H3,(H,23,29)/t19-/m0/s1. The third-order valence-corrected chi connectivity index (χ3v) is 5.07. The first-order valence-corrected chi connectivity index (χ1v) is 9.62. The van der Waals surface area contributed by atoms with E-state index in [1.165, 1.54) is 0 Å². The molecule has 7 heteroatoms. The van der Waals surface area contributed by atoms with Crippen LogP contribution in [0.2, 0.25) is 0 Å². The van der Waals surface area contributed by atoms with E-state index in [0.717, 1.165) is 11.3 Å². The lowest BCUT2D eigenvalue weighted by Crippen LogP contribution is -2.46. The summed E-state index contributed by atoms with van der Waals surface area (Å²) in [6.45, 7) is 3.89. The molecular weight excluding hydrogens is 388 g/mol. The number of thiocarbonyl (C=S) groups is 1. The van der Waals surface area contributed by atoms with Crippen molar-refractivity contribution < 1.29 is 19.1 Å². The molecule has 0 bridgehead atoms. The number of esters is 2. The zero-order valence-electron chi connectivity index (χ0n) is 16.5. The van der Waals surface area contributed by atoms with Crippen LogP contribution in [-0.4, -0.2) is 35.6 Å². The van der Waals surface area contributed by atoms with Gasteiger partial charge in [-0.3, -0.25) is 0 Å². The summed E-state index contributed by atoms with van der Waals surface area (Å²) in [4.78, 5) is 26.5. The average molecular weight is 410 g/mol. The molecule has 0 amide bonds. The molecule has 3 rings (SSSR count). The Morgan fingerprint density at radius 2 is 1.72 bits per heavy atom. The minimum atomic E-state index is -0.448. The van der Waals surface area contributed by atoms with E-state index in [9.17, 15) is 9.59 Å². The Bertz CT molecular complexity index is 955. The number of carbonyl (C=O) groups excluding carboxylic acids is 2. The van der Waals surface area contributed by atoms with Gasteiger partial charge in [0.25, 0.3) is 0 Å². The second-order valence-corrected chi connectivity index (χ2v) is 6.87. The van der Waals surface area contributed by atoms with E-state index in [1.54, 1.807) is 67.4 Å². The van der Waals surface area contributed by atoms with Gasteiger partial charge in [-0.1, -0.05) is 30.3 Å². The van der Waals surface area contributed by atoms with Crippen molar-refractivity contribution in [2.75, 3.05) is 13.7 Å². The number of ether oxygens (including phenoxy) is 2. The zero-order chi connectivity index (χ0) is 21.0. The predicted octanol–water partition coefficient (Wildman–Crippen LogP) is 3.60. The van der Waals surface area contributed by atoms with Gasteiger partial charge in [-0.15, -0.1) is 0 Å². The number of nitrogens with one attached hydrogen (secondary N) is 1. The second kappa shape index (κ2) is 8.87. The van der Waals surface area contributed by atoms with Crippen molar-refractivity contribution in [3.63, 3.8) is 0 Å². The van der Waals surface area contributed by atoms with Gasteiger partial charge >= 0.3 is 11.9 Å². The highest BCUT2D eigenvalue weighted by Crippen LogP contribution is 2.31. The van der Waals surface area contributed by atoms with E-state index in [1.807, 2.05) is 13.0 Å². The van der Waals surface area contributed by atoms with Gasteiger partial charge in [0.05, 0.1) is 23.8 Å². The van der Waals surface area contributed by atoms with Crippen molar-refractivity contribution in [1.82, 2.24) is 10.2 Å². The van der Waals surface area contributed by atoms with Crippen LogP contribution in [0.1, 0.15) is 35.8 Å². The molecule has 1 atom stereocenters. The van der Waals surface area contributed by atoms with Gasteiger partial charge < -0.3 is 19.7 Å². The Hall–Kier alpha value is -3.19. The van der Waals surface area contributed by atoms with Crippen molar-refractivity contribution in [3.05, 3.63) is 77.0 Å². The molecule has 1 aliphatic heterocycles. The SMILES string of the molecule is CCOC(=O)C1=C(C)N(C)C(=S)N[C@H]1c1ccc(OC(=O)c2ccccc2)cc1. The molecule has 2 aromatic rings. The van der Waals surface area contributed by atoms with Crippen molar-refractivity contribution in [2.45, 2.75) is 19.9 Å². The second-order valence-electron chi connectivity index (χ2n) is 6.49. The topological polar surface area (TPSA) is 67.9 Å². The smallest absolute Gasteiger partial charge is 0.343 e. The van der Waals surface area contributed by atoms with Crippen LogP contribution in [0.4, 0.5) is 0 Å². The molecule has 1 aliphatic rings. The number of benzene rings is 2. The van der Waals surface area contributed by atoms with Gasteiger partial charge in [-0.05, 0) is 55.9 Å². The largest absolute Gasteiger partial charge is 0.463 e. The fraction of sp³-hybridized carbons (Fsp3) is 0.227. The summed E-state index contributed by atoms with van der Waals surface area (Å²) in [7, 11) is 1.80. The maximum absolute atomic E-state index is 12.6. The quantitative estimate of drug-likeness (QED) is 0.459. The molecule has 0 saturated carbocycles. The monoisotopic (exact) mass is 410 g/mol. The van der Waals surface area contributed by atoms with Gasteiger partial charge in [0.2, 0.25) is 0 Å². The highest BCUT2D eigenvalue weighted by molar-refractivity contribution is 7.80.